The standard InChI is InChI=1S/C14H20/c1-3-9-7-11-8-10-4-2-6-13(10)14(11)12(9)5-1/h9,11-12,14H,1-8H2/t9-,11+,12-,14-/m0/s1. The molecule has 0 unspecified atom stereocenters. The van der Waals surface area contributed by atoms with Gasteiger partial charge in [0.1, 0.15) is 0 Å². The van der Waals surface area contributed by atoms with Gasteiger partial charge in [-0.2, -0.15) is 0 Å². The molecule has 0 heterocycles. The predicted octanol–water partition coefficient (Wildman–Crippen LogP) is 3.92. The molecule has 4 rings (SSSR count). The van der Waals surface area contributed by atoms with E-state index in [1.165, 1.54) is 25.7 Å². The minimum atomic E-state index is 1.10. The van der Waals surface area contributed by atoms with E-state index in [-0.39, 0.29) is 0 Å². The highest BCUT2D eigenvalue weighted by molar-refractivity contribution is 5.31. The zero-order valence-corrected chi connectivity index (χ0v) is 8.97. The third-order valence-corrected chi connectivity index (χ3v) is 5.58. The lowest BCUT2D eigenvalue weighted by molar-refractivity contribution is 0.361. The van der Waals surface area contributed by atoms with Gasteiger partial charge in [-0.05, 0) is 62.2 Å². The number of rotatable bonds is 0. The second-order valence-corrected chi connectivity index (χ2v) is 6.06. The molecule has 0 aromatic rings. The van der Waals surface area contributed by atoms with Crippen LogP contribution >= 0.6 is 0 Å². The first-order valence-electron chi connectivity index (χ1n) is 6.64. The minimum absolute atomic E-state index is 1.10. The molecule has 0 spiro atoms. The molecule has 0 aliphatic heterocycles. The van der Waals surface area contributed by atoms with Crippen molar-refractivity contribution in [2.45, 2.75) is 51.4 Å². The molecular formula is C14H20. The lowest BCUT2D eigenvalue weighted by Gasteiger charge is -2.20. The van der Waals surface area contributed by atoms with Crippen molar-refractivity contribution in [2.24, 2.45) is 23.7 Å². The summed E-state index contributed by atoms with van der Waals surface area (Å²) in [6.07, 6.45) is 12.3. The molecule has 0 bridgehead atoms. The fourth-order valence-electron chi connectivity index (χ4n) is 5.25. The van der Waals surface area contributed by atoms with Crippen LogP contribution in [0.2, 0.25) is 0 Å². The maximum atomic E-state index is 1.98. The van der Waals surface area contributed by atoms with E-state index in [0.717, 1.165) is 23.7 Å². The van der Waals surface area contributed by atoms with E-state index in [4.69, 9.17) is 0 Å². The zero-order chi connectivity index (χ0) is 9.12. The van der Waals surface area contributed by atoms with Gasteiger partial charge in [0.25, 0.3) is 0 Å². The highest BCUT2D eigenvalue weighted by Gasteiger charge is 2.50. The monoisotopic (exact) mass is 188 g/mol. The summed E-state index contributed by atoms with van der Waals surface area (Å²) in [5.74, 6) is 4.51. The second-order valence-electron chi connectivity index (χ2n) is 6.06. The molecule has 76 valence electrons. The number of hydrogen-bond donors (Lipinski definition) is 0. The molecule has 0 nitrogen and oxygen atoms in total. The molecule has 0 heteroatoms. The van der Waals surface area contributed by atoms with E-state index in [0.29, 0.717) is 0 Å². The number of allylic oxidation sites excluding steroid dienone is 2. The Bertz CT molecular complexity index is 299. The van der Waals surface area contributed by atoms with Crippen LogP contribution in [-0.4, -0.2) is 0 Å². The van der Waals surface area contributed by atoms with Gasteiger partial charge in [-0.25, -0.2) is 0 Å². The van der Waals surface area contributed by atoms with Crippen molar-refractivity contribution >= 4 is 0 Å². The summed E-state index contributed by atoms with van der Waals surface area (Å²) < 4.78 is 0. The van der Waals surface area contributed by atoms with Crippen molar-refractivity contribution in [3.05, 3.63) is 11.1 Å². The van der Waals surface area contributed by atoms with Crippen LogP contribution in [0.4, 0.5) is 0 Å². The van der Waals surface area contributed by atoms with Gasteiger partial charge in [0, 0.05) is 0 Å². The van der Waals surface area contributed by atoms with E-state index < -0.39 is 0 Å². The van der Waals surface area contributed by atoms with Crippen LogP contribution in [0.25, 0.3) is 0 Å². The van der Waals surface area contributed by atoms with Gasteiger partial charge in [0.15, 0.2) is 0 Å². The van der Waals surface area contributed by atoms with Gasteiger partial charge in [0.05, 0.1) is 0 Å². The lowest BCUT2D eigenvalue weighted by Crippen LogP contribution is -2.13. The summed E-state index contributed by atoms with van der Waals surface area (Å²) in [4.78, 5) is 0. The Balaban J connectivity index is 1.71. The average Bonchev–Trinajstić information content (AvgIpc) is 2.77. The quantitative estimate of drug-likeness (QED) is 0.505. The van der Waals surface area contributed by atoms with E-state index in [1.54, 1.807) is 25.7 Å². The SMILES string of the molecule is C1CC2=C(C1)[C@H]1[C@@H](C2)C[C@@H]2CCC[C@@H]21. The van der Waals surface area contributed by atoms with Gasteiger partial charge in [-0.1, -0.05) is 24.0 Å². The van der Waals surface area contributed by atoms with E-state index in [9.17, 15) is 0 Å². The maximum Gasteiger partial charge on any atom is -0.0138 e. The van der Waals surface area contributed by atoms with Crippen molar-refractivity contribution in [3.8, 4) is 0 Å². The van der Waals surface area contributed by atoms with Crippen LogP contribution in [0.15, 0.2) is 11.1 Å². The fourth-order valence-corrected chi connectivity index (χ4v) is 5.25. The molecule has 0 radical (unpaired) electrons. The van der Waals surface area contributed by atoms with Crippen LogP contribution < -0.4 is 0 Å². The summed E-state index contributed by atoms with van der Waals surface area (Å²) in [7, 11) is 0. The Morgan fingerprint density at radius 1 is 0.929 bits per heavy atom. The van der Waals surface area contributed by atoms with Gasteiger partial charge in [-0.15, -0.1) is 0 Å². The first-order valence-corrected chi connectivity index (χ1v) is 6.64. The lowest BCUT2D eigenvalue weighted by atomic mass is 9.84. The van der Waals surface area contributed by atoms with Crippen LogP contribution in [0.1, 0.15) is 51.4 Å². The smallest absolute Gasteiger partial charge is 0.0138 e. The van der Waals surface area contributed by atoms with Crippen molar-refractivity contribution in [1.82, 2.24) is 0 Å². The zero-order valence-electron chi connectivity index (χ0n) is 8.97. The highest BCUT2D eigenvalue weighted by atomic mass is 14.5. The molecule has 0 N–H and O–H groups in total. The number of fused-ring (bicyclic) bond motifs is 4. The molecule has 4 atom stereocenters. The summed E-state index contributed by atoms with van der Waals surface area (Å²) in [6, 6.07) is 0. The second kappa shape index (κ2) is 2.65. The maximum absolute atomic E-state index is 1.98. The Kier molecular flexibility index (Phi) is 1.51. The Morgan fingerprint density at radius 2 is 1.93 bits per heavy atom. The first kappa shape index (κ1) is 7.96. The largest absolute Gasteiger partial charge is 0.0704 e. The predicted molar refractivity (Wildman–Crippen MR) is 57.9 cm³/mol. The van der Waals surface area contributed by atoms with Crippen LogP contribution in [0.5, 0.6) is 0 Å². The van der Waals surface area contributed by atoms with Crippen LogP contribution in [-0.2, 0) is 0 Å². The molecular weight excluding hydrogens is 168 g/mol. The summed E-state index contributed by atoms with van der Waals surface area (Å²) in [5, 5.41) is 0. The fraction of sp³-hybridized carbons (Fsp3) is 0.857. The van der Waals surface area contributed by atoms with Gasteiger partial charge in [-0.3, -0.25) is 0 Å². The Hall–Kier alpha value is -0.260. The molecule has 2 saturated carbocycles. The van der Waals surface area contributed by atoms with Gasteiger partial charge < -0.3 is 0 Å². The normalized spacial score (nSPS) is 49.7. The van der Waals surface area contributed by atoms with Gasteiger partial charge in [0.2, 0.25) is 0 Å². The first-order chi connectivity index (χ1) is 6.93. The molecule has 0 aromatic carbocycles. The summed E-state index contributed by atoms with van der Waals surface area (Å²) >= 11 is 0. The van der Waals surface area contributed by atoms with Crippen molar-refractivity contribution in [3.63, 3.8) is 0 Å². The molecule has 0 amide bonds. The molecule has 4 aliphatic carbocycles. The van der Waals surface area contributed by atoms with Crippen LogP contribution in [0, 0.1) is 23.7 Å². The third kappa shape index (κ3) is 0.857. The van der Waals surface area contributed by atoms with Crippen molar-refractivity contribution in [1.29, 1.82) is 0 Å². The minimum Gasteiger partial charge on any atom is -0.0704 e. The van der Waals surface area contributed by atoms with E-state index >= 15 is 0 Å². The van der Waals surface area contributed by atoms with Crippen molar-refractivity contribution < 1.29 is 0 Å². The topological polar surface area (TPSA) is 0 Å². The summed E-state index contributed by atoms with van der Waals surface area (Å²) in [5.41, 5.74) is 3.90. The number of hydrogen-bond acceptors (Lipinski definition) is 0. The van der Waals surface area contributed by atoms with E-state index in [1.807, 2.05) is 11.1 Å². The van der Waals surface area contributed by atoms with Crippen LogP contribution in [0.3, 0.4) is 0 Å². The molecule has 0 saturated heterocycles. The van der Waals surface area contributed by atoms with Gasteiger partial charge >= 0.3 is 0 Å². The molecule has 0 aromatic heterocycles. The van der Waals surface area contributed by atoms with Crippen molar-refractivity contribution in [2.75, 3.05) is 0 Å². The molecule has 4 aliphatic rings. The highest BCUT2D eigenvalue weighted by Crippen LogP contribution is 2.61. The molecule has 2 fully saturated rings. The third-order valence-electron chi connectivity index (χ3n) is 5.58. The Morgan fingerprint density at radius 3 is 2.93 bits per heavy atom. The molecule has 14 heavy (non-hydrogen) atoms. The average molecular weight is 188 g/mol. The summed E-state index contributed by atoms with van der Waals surface area (Å²) in [6.45, 7) is 0. The van der Waals surface area contributed by atoms with E-state index in [2.05, 4.69) is 0 Å². The Labute approximate surface area is 86.8 Å².